The van der Waals surface area contributed by atoms with Gasteiger partial charge in [-0.3, -0.25) is 4.79 Å². The lowest BCUT2D eigenvalue weighted by Gasteiger charge is -2.27. The number of carbonyl (C=O) groups excluding carboxylic acids is 1. The zero-order valence-corrected chi connectivity index (χ0v) is 11.1. The quantitative estimate of drug-likeness (QED) is 0.771. The molecular formula is C12H19N5O2. The van der Waals surface area contributed by atoms with Crippen LogP contribution in [-0.4, -0.2) is 55.8 Å². The molecule has 0 bridgehead atoms. The minimum absolute atomic E-state index is 0.00922. The van der Waals surface area contributed by atoms with E-state index in [4.69, 9.17) is 4.74 Å². The van der Waals surface area contributed by atoms with Crippen LogP contribution in [0.3, 0.4) is 0 Å². The van der Waals surface area contributed by atoms with E-state index in [1.165, 1.54) is 6.33 Å². The number of morpholine rings is 1. The highest BCUT2D eigenvalue weighted by atomic mass is 16.5. The topological polar surface area (TPSA) is 79.4 Å². The number of anilines is 2. The van der Waals surface area contributed by atoms with E-state index in [1.807, 2.05) is 6.07 Å². The van der Waals surface area contributed by atoms with Gasteiger partial charge in [0.25, 0.3) is 0 Å². The first kappa shape index (κ1) is 13.5. The molecule has 19 heavy (non-hydrogen) atoms. The highest BCUT2D eigenvalue weighted by Gasteiger charge is 2.12. The first-order valence-corrected chi connectivity index (χ1v) is 6.39. The fourth-order valence-electron chi connectivity index (χ4n) is 1.84. The van der Waals surface area contributed by atoms with E-state index in [2.05, 4.69) is 25.5 Å². The number of carbonyl (C=O) groups is 1. The van der Waals surface area contributed by atoms with Crippen LogP contribution >= 0.6 is 0 Å². The fourth-order valence-corrected chi connectivity index (χ4v) is 1.84. The van der Waals surface area contributed by atoms with Crippen molar-refractivity contribution in [2.45, 2.75) is 6.42 Å². The summed E-state index contributed by atoms with van der Waals surface area (Å²) >= 11 is 0. The summed E-state index contributed by atoms with van der Waals surface area (Å²) in [5, 5.41) is 5.70. The van der Waals surface area contributed by atoms with E-state index in [9.17, 15) is 4.79 Å². The van der Waals surface area contributed by atoms with Crippen molar-refractivity contribution in [2.75, 3.05) is 50.1 Å². The van der Waals surface area contributed by atoms with Gasteiger partial charge in [0.15, 0.2) is 0 Å². The van der Waals surface area contributed by atoms with Gasteiger partial charge in [-0.15, -0.1) is 0 Å². The van der Waals surface area contributed by atoms with Crippen molar-refractivity contribution in [3.8, 4) is 0 Å². The predicted molar refractivity (Wildman–Crippen MR) is 72.2 cm³/mol. The number of rotatable bonds is 5. The molecule has 1 aromatic heterocycles. The van der Waals surface area contributed by atoms with Crippen molar-refractivity contribution in [3.05, 3.63) is 12.4 Å². The first-order valence-electron chi connectivity index (χ1n) is 6.39. The summed E-state index contributed by atoms with van der Waals surface area (Å²) in [6.45, 7) is 3.69. The minimum Gasteiger partial charge on any atom is -0.378 e. The maximum absolute atomic E-state index is 11.1. The third-order valence-corrected chi connectivity index (χ3v) is 2.92. The smallest absolute Gasteiger partial charge is 0.221 e. The van der Waals surface area contributed by atoms with Crippen LogP contribution in [0, 0.1) is 0 Å². The zero-order valence-electron chi connectivity index (χ0n) is 11.1. The summed E-state index contributed by atoms with van der Waals surface area (Å²) in [5.41, 5.74) is 0. The van der Waals surface area contributed by atoms with E-state index < -0.39 is 0 Å². The molecule has 0 atom stereocenters. The molecule has 1 saturated heterocycles. The summed E-state index contributed by atoms with van der Waals surface area (Å²) in [7, 11) is 1.63. The number of hydrogen-bond acceptors (Lipinski definition) is 6. The number of ether oxygens (including phenoxy) is 1. The van der Waals surface area contributed by atoms with Crippen LogP contribution in [0.4, 0.5) is 11.6 Å². The number of nitrogens with zero attached hydrogens (tertiary/aromatic N) is 3. The lowest BCUT2D eigenvalue weighted by molar-refractivity contribution is -0.120. The SMILES string of the molecule is CNC(=O)CCNc1cc(N2CCOCC2)ncn1. The second-order valence-corrected chi connectivity index (χ2v) is 4.21. The molecule has 2 rings (SSSR count). The third kappa shape index (κ3) is 4.06. The third-order valence-electron chi connectivity index (χ3n) is 2.92. The molecule has 0 saturated carbocycles. The zero-order chi connectivity index (χ0) is 13.5. The predicted octanol–water partition coefficient (Wildman–Crippen LogP) is -0.139. The Balaban J connectivity index is 1.89. The highest BCUT2D eigenvalue weighted by molar-refractivity contribution is 5.76. The lowest BCUT2D eigenvalue weighted by atomic mass is 10.3. The second kappa shape index (κ2) is 6.89. The van der Waals surface area contributed by atoms with Crippen molar-refractivity contribution in [1.29, 1.82) is 0 Å². The van der Waals surface area contributed by atoms with Gasteiger partial charge in [0, 0.05) is 39.2 Å². The molecule has 7 nitrogen and oxygen atoms in total. The molecular weight excluding hydrogens is 246 g/mol. The van der Waals surface area contributed by atoms with E-state index in [1.54, 1.807) is 7.05 Å². The maximum atomic E-state index is 11.1. The molecule has 0 radical (unpaired) electrons. The average molecular weight is 265 g/mol. The molecule has 0 unspecified atom stereocenters. The molecule has 1 amide bonds. The van der Waals surface area contributed by atoms with Crippen LogP contribution in [0.25, 0.3) is 0 Å². The minimum atomic E-state index is 0.00922. The Morgan fingerprint density at radius 2 is 2.21 bits per heavy atom. The van der Waals surface area contributed by atoms with Gasteiger partial charge in [0.2, 0.25) is 5.91 Å². The second-order valence-electron chi connectivity index (χ2n) is 4.21. The summed E-state index contributed by atoms with van der Waals surface area (Å²) in [6.07, 6.45) is 1.96. The highest BCUT2D eigenvalue weighted by Crippen LogP contribution is 2.15. The fraction of sp³-hybridized carbons (Fsp3) is 0.583. The maximum Gasteiger partial charge on any atom is 0.221 e. The molecule has 1 fully saturated rings. The lowest BCUT2D eigenvalue weighted by Crippen LogP contribution is -2.36. The summed E-state index contributed by atoms with van der Waals surface area (Å²) in [5.74, 6) is 1.64. The van der Waals surface area contributed by atoms with Crippen molar-refractivity contribution < 1.29 is 9.53 Å². The van der Waals surface area contributed by atoms with Gasteiger partial charge in [0.1, 0.15) is 18.0 Å². The van der Waals surface area contributed by atoms with Crippen LogP contribution in [-0.2, 0) is 9.53 Å². The van der Waals surface area contributed by atoms with Gasteiger partial charge in [-0.1, -0.05) is 0 Å². The van der Waals surface area contributed by atoms with Crippen LogP contribution < -0.4 is 15.5 Å². The number of amides is 1. The summed E-state index contributed by atoms with van der Waals surface area (Å²) in [6, 6.07) is 1.90. The molecule has 2 N–H and O–H groups in total. The molecule has 104 valence electrons. The Kier molecular flexibility index (Phi) is 4.91. The van der Waals surface area contributed by atoms with Crippen LogP contribution in [0.1, 0.15) is 6.42 Å². The molecule has 1 aromatic rings. The largest absolute Gasteiger partial charge is 0.378 e. The first-order chi connectivity index (χ1) is 9.29. The van der Waals surface area contributed by atoms with Gasteiger partial charge in [-0.05, 0) is 0 Å². The number of nitrogens with one attached hydrogen (secondary N) is 2. The number of aromatic nitrogens is 2. The Morgan fingerprint density at radius 3 is 2.95 bits per heavy atom. The number of hydrogen-bond donors (Lipinski definition) is 2. The van der Waals surface area contributed by atoms with Gasteiger partial charge >= 0.3 is 0 Å². The van der Waals surface area contributed by atoms with Crippen LogP contribution in [0.2, 0.25) is 0 Å². The molecule has 0 aliphatic carbocycles. The van der Waals surface area contributed by atoms with Crippen LogP contribution in [0.5, 0.6) is 0 Å². The monoisotopic (exact) mass is 265 g/mol. The Morgan fingerprint density at radius 1 is 1.42 bits per heavy atom. The molecule has 2 heterocycles. The van der Waals surface area contributed by atoms with E-state index in [0.717, 1.165) is 37.9 Å². The van der Waals surface area contributed by atoms with E-state index in [-0.39, 0.29) is 5.91 Å². The standard InChI is InChI=1S/C12H19N5O2/c1-13-12(18)2-3-14-10-8-11(16-9-15-10)17-4-6-19-7-5-17/h8-9H,2-7H2,1H3,(H,13,18)(H,14,15,16). The summed E-state index contributed by atoms with van der Waals surface area (Å²) in [4.78, 5) is 21.7. The summed E-state index contributed by atoms with van der Waals surface area (Å²) < 4.78 is 5.31. The van der Waals surface area contributed by atoms with Crippen molar-refractivity contribution >= 4 is 17.5 Å². The molecule has 0 spiro atoms. The van der Waals surface area contributed by atoms with Crippen molar-refractivity contribution in [3.63, 3.8) is 0 Å². The van der Waals surface area contributed by atoms with E-state index >= 15 is 0 Å². The van der Waals surface area contributed by atoms with Gasteiger partial charge in [-0.25, -0.2) is 9.97 Å². The Hall–Kier alpha value is -1.89. The molecule has 0 aromatic carbocycles. The Bertz CT molecular complexity index is 420. The molecule has 7 heteroatoms. The molecule has 1 aliphatic heterocycles. The van der Waals surface area contributed by atoms with Gasteiger partial charge in [0.05, 0.1) is 13.2 Å². The normalized spacial score (nSPS) is 15.1. The van der Waals surface area contributed by atoms with E-state index in [0.29, 0.717) is 13.0 Å². The van der Waals surface area contributed by atoms with Gasteiger partial charge < -0.3 is 20.3 Å². The van der Waals surface area contributed by atoms with Crippen molar-refractivity contribution in [2.24, 2.45) is 0 Å². The average Bonchev–Trinajstić information content (AvgIpc) is 2.48. The van der Waals surface area contributed by atoms with Gasteiger partial charge in [-0.2, -0.15) is 0 Å². The Labute approximate surface area is 112 Å². The molecule has 1 aliphatic rings. The van der Waals surface area contributed by atoms with Crippen molar-refractivity contribution in [1.82, 2.24) is 15.3 Å². The van der Waals surface area contributed by atoms with Crippen LogP contribution in [0.15, 0.2) is 12.4 Å².